The summed E-state index contributed by atoms with van der Waals surface area (Å²) in [5.41, 5.74) is 3.33. The topological polar surface area (TPSA) is 74.3 Å². The number of carbonyl (C=O) groups excluding carboxylic acids is 1. The molecule has 1 N–H and O–H groups in total. The van der Waals surface area contributed by atoms with Crippen LogP contribution in [-0.4, -0.2) is 76.0 Å². The van der Waals surface area contributed by atoms with E-state index in [0.717, 1.165) is 39.1 Å². The van der Waals surface area contributed by atoms with Crippen molar-refractivity contribution < 1.29 is 9.53 Å². The average molecular weight is 353 g/mol. The Morgan fingerprint density at radius 2 is 1.88 bits per heavy atom. The van der Waals surface area contributed by atoms with Crippen molar-refractivity contribution >= 4 is 5.91 Å². The van der Waals surface area contributed by atoms with Crippen LogP contribution in [0, 0.1) is 5.92 Å². The van der Waals surface area contributed by atoms with Crippen molar-refractivity contribution in [2.45, 2.75) is 24.9 Å². The second kappa shape index (κ2) is 6.48. The number of H-pyrrole nitrogens is 1. The molecule has 0 unspecified atom stereocenters. The molecule has 1 amide bonds. The highest BCUT2D eigenvalue weighted by Gasteiger charge is 2.39. The Balaban J connectivity index is 1.37. The van der Waals surface area contributed by atoms with Gasteiger partial charge in [0.25, 0.3) is 5.91 Å². The van der Waals surface area contributed by atoms with Crippen LogP contribution in [0.25, 0.3) is 0 Å². The molecular formula is C19H23N5O2. The van der Waals surface area contributed by atoms with E-state index in [4.69, 9.17) is 4.74 Å². The molecule has 3 aliphatic rings. The molecule has 2 aromatic rings. The average Bonchev–Trinajstić information content (AvgIpc) is 3.23. The van der Waals surface area contributed by atoms with Gasteiger partial charge < -0.3 is 9.64 Å². The highest BCUT2D eigenvalue weighted by Crippen LogP contribution is 2.29. The van der Waals surface area contributed by atoms with Crippen molar-refractivity contribution in [2.24, 2.45) is 5.92 Å². The zero-order valence-corrected chi connectivity index (χ0v) is 14.7. The third-order valence-electron chi connectivity index (χ3n) is 5.94. The monoisotopic (exact) mass is 353 g/mol. The number of rotatable bonds is 2. The highest BCUT2D eigenvalue weighted by molar-refractivity contribution is 5.92. The molecule has 7 nitrogen and oxygen atoms in total. The summed E-state index contributed by atoms with van der Waals surface area (Å²) in [7, 11) is 0. The lowest BCUT2D eigenvalue weighted by Crippen LogP contribution is -2.49. The normalized spacial score (nSPS) is 26.5. The SMILES string of the molecule is O=C(c1cn[nH]n1)N1C[C@H]2COC[C@@H]1CN(C1Cc3ccccc3C1)C2. The second-order valence-corrected chi connectivity index (χ2v) is 7.65. The number of hydrogen-bond acceptors (Lipinski definition) is 5. The van der Waals surface area contributed by atoms with E-state index in [1.807, 2.05) is 4.90 Å². The molecule has 2 bridgehead atoms. The Labute approximate surface area is 152 Å². The minimum absolute atomic E-state index is 0.0455. The molecule has 136 valence electrons. The zero-order valence-electron chi connectivity index (χ0n) is 14.7. The van der Waals surface area contributed by atoms with Crippen LogP contribution in [0.5, 0.6) is 0 Å². The fraction of sp³-hybridized carbons (Fsp3) is 0.526. The summed E-state index contributed by atoms with van der Waals surface area (Å²) in [5, 5.41) is 10.3. The van der Waals surface area contributed by atoms with Crippen molar-refractivity contribution in [2.75, 3.05) is 32.8 Å². The fourth-order valence-electron chi connectivity index (χ4n) is 4.67. The van der Waals surface area contributed by atoms with Crippen LogP contribution in [0.2, 0.25) is 0 Å². The smallest absolute Gasteiger partial charge is 0.276 e. The molecule has 1 aliphatic carbocycles. The molecule has 0 spiro atoms. The van der Waals surface area contributed by atoms with Gasteiger partial charge in [0.05, 0.1) is 25.5 Å². The molecule has 2 fully saturated rings. The first-order valence-electron chi connectivity index (χ1n) is 9.33. The number of hydrogen-bond donors (Lipinski definition) is 1. The Morgan fingerprint density at radius 3 is 2.62 bits per heavy atom. The maximum atomic E-state index is 12.9. The molecule has 7 heteroatoms. The van der Waals surface area contributed by atoms with Crippen molar-refractivity contribution in [1.29, 1.82) is 0 Å². The Hall–Kier alpha value is -2.25. The minimum atomic E-state index is -0.0455. The first-order chi connectivity index (χ1) is 12.8. The van der Waals surface area contributed by atoms with Gasteiger partial charge in [-0.2, -0.15) is 15.4 Å². The zero-order chi connectivity index (χ0) is 17.5. The van der Waals surface area contributed by atoms with Gasteiger partial charge in [-0.1, -0.05) is 24.3 Å². The van der Waals surface area contributed by atoms with E-state index in [9.17, 15) is 4.79 Å². The lowest BCUT2D eigenvalue weighted by Gasteiger charge is -2.34. The van der Waals surface area contributed by atoms with Gasteiger partial charge in [0.1, 0.15) is 0 Å². The molecule has 2 atom stereocenters. The van der Waals surface area contributed by atoms with Crippen molar-refractivity contribution in [3.63, 3.8) is 0 Å². The number of aromatic nitrogens is 3. The van der Waals surface area contributed by atoms with Gasteiger partial charge in [0, 0.05) is 31.6 Å². The molecule has 26 heavy (non-hydrogen) atoms. The van der Waals surface area contributed by atoms with E-state index in [0.29, 0.717) is 24.3 Å². The Kier molecular flexibility index (Phi) is 3.98. The van der Waals surface area contributed by atoms with Gasteiger partial charge in [-0.15, -0.1) is 0 Å². The van der Waals surface area contributed by atoms with Gasteiger partial charge in [-0.05, 0) is 24.0 Å². The Bertz CT molecular complexity index is 768. The van der Waals surface area contributed by atoms with E-state index >= 15 is 0 Å². The van der Waals surface area contributed by atoms with Gasteiger partial charge in [-0.3, -0.25) is 9.69 Å². The number of amides is 1. The van der Waals surface area contributed by atoms with Crippen LogP contribution in [0.1, 0.15) is 21.6 Å². The molecule has 1 aromatic heterocycles. The van der Waals surface area contributed by atoms with Crippen LogP contribution in [0.4, 0.5) is 0 Å². The molecule has 3 heterocycles. The summed E-state index contributed by atoms with van der Waals surface area (Å²) in [6.45, 7) is 3.88. The molecule has 2 saturated heterocycles. The number of nitrogens with one attached hydrogen (secondary N) is 1. The first-order valence-corrected chi connectivity index (χ1v) is 9.33. The van der Waals surface area contributed by atoms with E-state index in [1.54, 1.807) is 0 Å². The standard InChI is InChI=1S/C19H23N5O2/c25-19(18-7-20-22-21-18)24-9-13-8-23(10-17(24)12-26-11-13)16-5-14-3-1-2-4-15(14)6-16/h1-4,7,13,16-17H,5-6,8-12H2,(H,20,21,22)/t13-,17-/m0/s1. The number of benzene rings is 1. The Morgan fingerprint density at radius 1 is 1.08 bits per heavy atom. The van der Waals surface area contributed by atoms with Crippen molar-refractivity contribution in [3.8, 4) is 0 Å². The lowest BCUT2D eigenvalue weighted by atomic mass is 10.1. The lowest BCUT2D eigenvalue weighted by molar-refractivity contribution is 0.0346. The van der Waals surface area contributed by atoms with Crippen LogP contribution >= 0.6 is 0 Å². The van der Waals surface area contributed by atoms with E-state index in [-0.39, 0.29) is 11.9 Å². The number of ether oxygens (including phenoxy) is 1. The summed E-state index contributed by atoms with van der Waals surface area (Å²) >= 11 is 0. The summed E-state index contributed by atoms with van der Waals surface area (Å²) in [6, 6.07) is 9.34. The van der Waals surface area contributed by atoms with Crippen LogP contribution < -0.4 is 0 Å². The van der Waals surface area contributed by atoms with E-state index in [2.05, 4.69) is 44.6 Å². The predicted octanol–water partition coefficient (Wildman–Crippen LogP) is 0.745. The summed E-state index contributed by atoms with van der Waals surface area (Å²) in [6.07, 6.45) is 3.71. The highest BCUT2D eigenvalue weighted by atomic mass is 16.5. The molecular weight excluding hydrogens is 330 g/mol. The van der Waals surface area contributed by atoms with Gasteiger partial charge in [-0.25, -0.2) is 0 Å². The molecule has 0 saturated carbocycles. The molecule has 1 aromatic carbocycles. The molecule has 5 rings (SSSR count). The fourth-order valence-corrected chi connectivity index (χ4v) is 4.67. The second-order valence-electron chi connectivity index (χ2n) is 7.65. The minimum Gasteiger partial charge on any atom is -0.379 e. The van der Waals surface area contributed by atoms with Crippen molar-refractivity contribution in [1.82, 2.24) is 25.2 Å². The quantitative estimate of drug-likeness (QED) is 0.862. The number of nitrogens with zero attached hydrogens (tertiary/aromatic N) is 4. The van der Waals surface area contributed by atoms with Gasteiger partial charge >= 0.3 is 0 Å². The van der Waals surface area contributed by atoms with Crippen LogP contribution in [0.3, 0.4) is 0 Å². The number of aromatic amines is 1. The van der Waals surface area contributed by atoms with Crippen molar-refractivity contribution in [3.05, 3.63) is 47.3 Å². The summed E-state index contributed by atoms with van der Waals surface area (Å²) in [4.78, 5) is 17.4. The van der Waals surface area contributed by atoms with Crippen LogP contribution in [0.15, 0.2) is 30.5 Å². The summed E-state index contributed by atoms with van der Waals surface area (Å²) in [5.74, 6) is 0.290. The number of carbonyl (C=O) groups is 1. The van der Waals surface area contributed by atoms with Gasteiger partial charge in [0.15, 0.2) is 5.69 Å². The largest absolute Gasteiger partial charge is 0.379 e. The van der Waals surface area contributed by atoms with E-state index in [1.165, 1.54) is 17.3 Å². The summed E-state index contributed by atoms with van der Waals surface area (Å²) < 4.78 is 5.87. The maximum absolute atomic E-state index is 12.9. The predicted molar refractivity (Wildman–Crippen MR) is 94.7 cm³/mol. The van der Waals surface area contributed by atoms with Crippen LogP contribution in [-0.2, 0) is 17.6 Å². The third-order valence-corrected chi connectivity index (χ3v) is 5.94. The molecule has 0 radical (unpaired) electrons. The van der Waals surface area contributed by atoms with E-state index < -0.39 is 0 Å². The first kappa shape index (κ1) is 16.0. The molecule has 2 aliphatic heterocycles. The maximum Gasteiger partial charge on any atom is 0.276 e. The third kappa shape index (κ3) is 2.81. The van der Waals surface area contributed by atoms with Gasteiger partial charge in [0.2, 0.25) is 0 Å². The number of fused-ring (bicyclic) bond motifs is 4.